The minimum absolute atomic E-state index is 0.226. The first-order chi connectivity index (χ1) is 8.79. The van der Waals surface area contributed by atoms with Gasteiger partial charge in [-0.3, -0.25) is 0 Å². The molecule has 2 nitrogen and oxygen atoms in total. The van der Waals surface area contributed by atoms with E-state index in [1.54, 1.807) is 0 Å². The van der Waals surface area contributed by atoms with Crippen molar-refractivity contribution in [3.05, 3.63) is 29.8 Å². The van der Waals surface area contributed by atoms with Gasteiger partial charge in [0.25, 0.3) is 0 Å². The Bertz CT molecular complexity index is 441. The van der Waals surface area contributed by atoms with Crippen LogP contribution in [0, 0.1) is 12.3 Å². The molecule has 0 amide bonds. The van der Waals surface area contributed by atoms with Gasteiger partial charge in [0.2, 0.25) is 0 Å². The van der Waals surface area contributed by atoms with Gasteiger partial charge in [-0.15, -0.1) is 12.3 Å². The second-order valence-corrected chi connectivity index (χ2v) is 4.25. The number of aliphatic hydroxyl groups is 1. The van der Waals surface area contributed by atoms with E-state index in [9.17, 15) is 18.3 Å². The fourth-order valence-corrected chi connectivity index (χ4v) is 1.40. The molecule has 1 rings (SSSR count). The van der Waals surface area contributed by atoms with E-state index in [4.69, 9.17) is 11.2 Å². The Balaban J connectivity index is 2.69. The number of unbranched alkanes of at least 4 members (excludes halogenated alkanes) is 1. The Kier molecular flexibility index (Phi) is 4.84. The molecule has 1 aromatic rings. The molecule has 0 saturated heterocycles. The summed E-state index contributed by atoms with van der Waals surface area (Å²) in [5.41, 5.74) is -3.09. The molecular weight excluding hydrogens is 257 g/mol. The number of hydrogen-bond acceptors (Lipinski definition) is 2. The van der Waals surface area contributed by atoms with E-state index in [1.807, 2.05) is 0 Å². The third-order valence-electron chi connectivity index (χ3n) is 2.70. The maximum Gasteiger partial charge on any atom is 0.421 e. The Hall–Kier alpha value is -1.67. The van der Waals surface area contributed by atoms with Crippen LogP contribution in [0.5, 0.6) is 5.75 Å². The normalized spacial score (nSPS) is 14.5. The summed E-state index contributed by atoms with van der Waals surface area (Å²) in [7, 11) is 0. The average molecular weight is 272 g/mol. The monoisotopic (exact) mass is 272 g/mol. The van der Waals surface area contributed by atoms with Gasteiger partial charge in [0.05, 0.1) is 6.61 Å². The predicted octanol–water partition coefficient (Wildman–Crippen LogP) is 3.25. The van der Waals surface area contributed by atoms with Crippen LogP contribution < -0.4 is 4.74 Å². The summed E-state index contributed by atoms with van der Waals surface area (Å²) < 4.78 is 43.1. The fourth-order valence-electron chi connectivity index (χ4n) is 1.40. The van der Waals surface area contributed by atoms with Crippen molar-refractivity contribution in [2.75, 3.05) is 6.61 Å². The maximum absolute atomic E-state index is 12.6. The van der Waals surface area contributed by atoms with E-state index in [0.717, 1.165) is 6.92 Å². The second kappa shape index (κ2) is 5.98. The Labute approximate surface area is 110 Å². The van der Waals surface area contributed by atoms with Crippen molar-refractivity contribution in [2.45, 2.75) is 31.5 Å². The predicted molar refractivity (Wildman–Crippen MR) is 65.6 cm³/mol. The van der Waals surface area contributed by atoms with Gasteiger partial charge in [-0.2, -0.15) is 13.2 Å². The largest absolute Gasteiger partial charge is 0.494 e. The lowest BCUT2D eigenvalue weighted by Crippen LogP contribution is -2.39. The summed E-state index contributed by atoms with van der Waals surface area (Å²) in [6.45, 7) is 1.12. The number of ether oxygens (including phenoxy) is 1. The summed E-state index contributed by atoms with van der Waals surface area (Å²) >= 11 is 0. The standard InChI is InChI=1S/C14H15F3O2/c1-3-4-5-10-19-12-8-6-11(7-9-12)13(2,18)14(15,16)17/h1,6-9,18H,4-5,10H2,2H3. The molecule has 0 aliphatic rings. The number of benzene rings is 1. The Morgan fingerprint density at radius 2 is 1.84 bits per heavy atom. The molecule has 0 aliphatic carbocycles. The van der Waals surface area contributed by atoms with Crippen LogP contribution >= 0.6 is 0 Å². The molecule has 1 N–H and O–H groups in total. The van der Waals surface area contributed by atoms with Crippen molar-refractivity contribution >= 4 is 0 Å². The van der Waals surface area contributed by atoms with E-state index >= 15 is 0 Å². The molecule has 0 saturated carbocycles. The second-order valence-electron chi connectivity index (χ2n) is 4.25. The molecule has 0 fully saturated rings. The quantitative estimate of drug-likeness (QED) is 0.658. The van der Waals surface area contributed by atoms with E-state index in [-0.39, 0.29) is 5.56 Å². The van der Waals surface area contributed by atoms with E-state index in [0.29, 0.717) is 25.2 Å². The number of terminal acetylenes is 1. The summed E-state index contributed by atoms with van der Waals surface area (Å²) in [5.74, 6) is 2.90. The molecule has 0 aromatic heterocycles. The zero-order chi connectivity index (χ0) is 14.5. The molecule has 0 aliphatic heterocycles. The van der Waals surface area contributed by atoms with Crippen LogP contribution in [0.15, 0.2) is 24.3 Å². The van der Waals surface area contributed by atoms with Gasteiger partial charge in [0.1, 0.15) is 5.75 Å². The summed E-state index contributed by atoms with van der Waals surface area (Å²) in [6, 6.07) is 5.19. The van der Waals surface area contributed by atoms with Crippen LogP contribution in [0.3, 0.4) is 0 Å². The van der Waals surface area contributed by atoms with Crippen molar-refractivity contribution in [3.8, 4) is 18.1 Å². The summed E-state index contributed by atoms with van der Waals surface area (Å²) in [4.78, 5) is 0. The lowest BCUT2D eigenvalue weighted by atomic mass is 9.95. The van der Waals surface area contributed by atoms with Crippen LogP contribution in [-0.2, 0) is 5.60 Å². The molecule has 0 spiro atoms. The highest BCUT2D eigenvalue weighted by Crippen LogP contribution is 2.38. The highest BCUT2D eigenvalue weighted by atomic mass is 19.4. The van der Waals surface area contributed by atoms with Gasteiger partial charge in [0.15, 0.2) is 5.60 Å². The smallest absolute Gasteiger partial charge is 0.421 e. The minimum Gasteiger partial charge on any atom is -0.494 e. The molecule has 0 radical (unpaired) electrons. The number of hydrogen-bond donors (Lipinski definition) is 1. The number of alkyl halides is 3. The van der Waals surface area contributed by atoms with Gasteiger partial charge in [0, 0.05) is 6.42 Å². The average Bonchev–Trinajstić information content (AvgIpc) is 2.34. The SMILES string of the molecule is C#CCCCOc1ccc(C(C)(O)C(F)(F)F)cc1. The summed E-state index contributed by atoms with van der Waals surface area (Å²) in [5, 5.41) is 9.47. The third kappa shape index (κ3) is 3.90. The van der Waals surface area contributed by atoms with E-state index in [2.05, 4.69) is 5.92 Å². The van der Waals surface area contributed by atoms with Gasteiger partial charge < -0.3 is 9.84 Å². The van der Waals surface area contributed by atoms with Crippen molar-refractivity contribution in [3.63, 3.8) is 0 Å². The van der Waals surface area contributed by atoms with Gasteiger partial charge in [-0.1, -0.05) is 12.1 Å². The van der Waals surface area contributed by atoms with Crippen molar-refractivity contribution in [2.24, 2.45) is 0 Å². The molecule has 0 heterocycles. The first kappa shape index (κ1) is 15.4. The molecule has 1 aromatic carbocycles. The number of halogens is 3. The zero-order valence-corrected chi connectivity index (χ0v) is 10.5. The van der Waals surface area contributed by atoms with Crippen molar-refractivity contribution < 1.29 is 23.0 Å². The van der Waals surface area contributed by atoms with E-state index in [1.165, 1.54) is 24.3 Å². The molecule has 19 heavy (non-hydrogen) atoms. The molecule has 1 unspecified atom stereocenters. The highest BCUT2D eigenvalue weighted by molar-refractivity contribution is 5.31. The molecule has 1 atom stereocenters. The van der Waals surface area contributed by atoms with Crippen molar-refractivity contribution in [1.82, 2.24) is 0 Å². The summed E-state index contributed by atoms with van der Waals surface area (Å²) in [6.07, 6.45) is 1.62. The molecule has 5 heteroatoms. The maximum atomic E-state index is 12.6. The Morgan fingerprint density at radius 3 is 2.32 bits per heavy atom. The highest BCUT2D eigenvalue weighted by Gasteiger charge is 2.51. The lowest BCUT2D eigenvalue weighted by Gasteiger charge is -2.26. The topological polar surface area (TPSA) is 29.5 Å². The minimum atomic E-state index is -4.72. The van der Waals surface area contributed by atoms with Gasteiger partial charge in [-0.05, 0) is 31.0 Å². The molecule has 0 bridgehead atoms. The molecule has 104 valence electrons. The van der Waals surface area contributed by atoms with E-state index < -0.39 is 11.8 Å². The number of rotatable bonds is 5. The van der Waals surface area contributed by atoms with Crippen LogP contribution in [0.2, 0.25) is 0 Å². The van der Waals surface area contributed by atoms with Crippen LogP contribution in [-0.4, -0.2) is 17.9 Å². The first-order valence-electron chi connectivity index (χ1n) is 5.75. The Morgan fingerprint density at radius 1 is 1.26 bits per heavy atom. The molecular formula is C14H15F3O2. The van der Waals surface area contributed by atoms with Gasteiger partial charge >= 0.3 is 6.18 Å². The first-order valence-corrected chi connectivity index (χ1v) is 5.75. The third-order valence-corrected chi connectivity index (χ3v) is 2.70. The lowest BCUT2D eigenvalue weighted by molar-refractivity contribution is -0.258. The van der Waals surface area contributed by atoms with Crippen LogP contribution in [0.4, 0.5) is 13.2 Å². The van der Waals surface area contributed by atoms with Crippen LogP contribution in [0.1, 0.15) is 25.3 Å². The zero-order valence-electron chi connectivity index (χ0n) is 10.5. The van der Waals surface area contributed by atoms with Gasteiger partial charge in [-0.25, -0.2) is 0 Å². The van der Waals surface area contributed by atoms with Crippen LogP contribution in [0.25, 0.3) is 0 Å². The van der Waals surface area contributed by atoms with Crippen molar-refractivity contribution in [1.29, 1.82) is 0 Å². The fraction of sp³-hybridized carbons (Fsp3) is 0.429.